The molecule has 2 unspecified atom stereocenters. The van der Waals surface area contributed by atoms with Crippen molar-refractivity contribution in [3.05, 3.63) is 35.4 Å². The van der Waals surface area contributed by atoms with E-state index in [1.165, 1.54) is 12.1 Å². The molecular formula is C14H18F2O. The van der Waals surface area contributed by atoms with E-state index in [0.717, 1.165) is 44.1 Å². The zero-order valence-electron chi connectivity index (χ0n) is 9.83. The second-order valence-corrected chi connectivity index (χ2v) is 4.99. The van der Waals surface area contributed by atoms with Gasteiger partial charge < -0.3 is 5.11 Å². The fourth-order valence-corrected chi connectivity index (χ4v) is 2.62. The average Bonchev–Trinajstić information content (AvgIpc) is 2.48. The minimum atomic E-state index is -0.797. The molecule has 0 aromatic heterocycles. The zero-order valence-corrected chi connectivity index (χ0v) is 9.83. The second-order valence-electron chi connectivity index (χ2n) is 4.99. The van der Waals surface area contributed by atoms with Gasteiger partial charge in [0.25, 0.3) is 0 Å². The van der Waals surface area contributed by atoms with Gasteiger partial charge in [-0.05, 0) is 42.9 Å². The molecule has 1 aromatic carbocycles. The summed E-state index contributed by atoms with van der Waals surface area (Å²) < 4.78 is 25.9. The van der Waals surface area contributed by atoms with Gasteiger partial charge in [-0.3, -0.25) is 0 Å². The second kappa shape index (κ2) is 5.58. The molecule has 3 heteroatoms. The predicted octanol–water partition coefficient (Wildman–Crippen LogP) is 3.45. The van der Waals surface area contributed by atoms with E-state index in [9.17, 15) is 13.9 Å². The highest BCUT2D eigenvalue weighted by molar-refractivity contribution is 5.18. The van der Waals surface area contributed by atoms with Gasteiger partial charge in [0, 0.05) is 0 Å². The molecule has 0 radical (unpaired) electrons. The van der Waals surface area contributed by atoms with Crippen LogP contribution in [0.15, 0.2) is 18.2 Å². The summed E-state index contributed by atoms with van der Waals surface area (Å²) in [5, 5.41) is 9.70. The first-order valence-electron chi connectivity index (χ1n) is 6.27. The quantitative estimate of drug-likeness (QED) is 0.785. The molecule has 1 aliphatic carbocycles. The summed E-state index contributed by atoms with van der Waals surface area (Å²) in [6.45, 7) is 0. The summed E-state index contributed by atoms with van der Waals surface area (Å²) in [5.74, 6) is -1.19. The van der Waals surface area contributed by atoms with Crippen molar-refractivity contribution in [2.75, 3.05) is 0 Å². The first-order valence-corrected chi connectivity index (χ1v) is 6.27. The molecule has 1 aromatic rings. The number of rotatable bonds is 2. The van der Waals surface area contributed by atoms with Gasteiger partial charge in [-0.15, -0.1) is 0 Å². The van der Waals surface area contributed by atoms with Gasteiger partial charge in [-0.25, -0.2) is 8.78 Å². The summed E-state index contributed by atoms with van der Waals surface area (Å²) in [7, 11) is 0. The first-order chi connectivity index (χ1) is 8.15. The van der Waals surface area contributed by atoms with Gasteiger partial charge >= 0.3 is 0 Å². The Morgan fingerprint density at radius 3 is 2.65 bits per heavy atom. The van der Waals surface area contributed by atoms with E-state index in [1.54, 1.807) is 6.07 Å². The average molecular weight is 240 g/mol. The molecule has 1 saturated carbocycles. The molecule has 17 heavy (non-hydrogen) atoms. The Balaban J connectivity index is 2.01. The molecule has 0 saturated heterocycles. The molecule has 1 N–H and O–H groups in total. The molecular weight excluding hydrogens is 222 g/mol. The topological polar surface area (TPSA) is 20.2 Å². The number of hydrogen-bond acceptors (Lipinski definition) is 1. The first kappa shape index (κ1) is 12.5. The molecule has 0 amide bonds. The highest BCUT2D eigenvalue weighted by Crippen LogP contribution is 2.26. The predicted molar refractivity (Wildman–Crippen MR) is 62.6 cm³/mol. The molecule has 2 atom stereocenters. The van der Waals surface area contributed by atoms with Gasteiger partial charge in [0.1, 0.15) is 0 Å². The molecule has 1 fully saturated rings. The van der Waals surface area contributed by atoms with Crippen LogP contribution in [0, 0.1) is 17.6 Å². The van der Waals surface area contributed by atoms with Gasteiger partial charge in [0.2, 0.25) is 0 Å². The van der Waals surface area contributed by atoms with Crippen LogP contribution < -0.4 is 0 Å². The molecule has 0 heterocycles. The van der Waals surface area contributed by atoms with Crippen LogP contribution >= 0.6 is 0 Å². The van der Waals surface area contributed by atoms with Crippen LogP contribution in [0.3, 0.4) is 0 Å². The van der Waals surface area contributed by atoms with Crippen molar-refractivity contribution in [1.82, 2.24) is 0 Å². The molecule has 1 nitrogen and oxygen atoms in total. The number of halogens is 2. The van der Waals surface area contributed by atoms with Crippen molar-refractivity contribution in [2.24, 2.45) is 5.92 Å². The SMILES string of the molecule is OC1CCCCC(Cc2ccc(F)c(F)c2)C1. The highest BCUT2D eigenvalue weighted by atomic mass is 19.2. The Labute approximate surface area is 100 Å². The third kappa shape index (κ3) is 3.50. The van der Waals surface area contributed by atoms with Crippen molar-refractivity contribution in [1.29, 1.82) is 0 Å². The van der Waals surface area contributed by atoms with Gasteiger partial charge in [0.05, 0.1) is 6.10 Å². The van der Waals surface area contributed by atoms with E-state index in [0.29, 0.717) is 5.92 Å². The standard InChI is InChI=1S/C14H18F2O/c15-13-6-5-11(9-14(13)16)7-10-3-1-2-4-12(17)8-10/h5-6,9-10,12,17H,1-4,7-8H2. The van der Waals surface area contributed by atoms with Crippen LogP contribution in [0.4, 0.5) is 8.78 Å². The van der Waals surface area contributed by atoms with Crippen LogP contribution in [0.1, 0.15) is 37.7 Å². The Morgan fingerprint density at radius 1 is 1.12 bits per heavy atom. The maximum atomic E-state index is 13.1. The van der Waals surface area contributed by atoms with Crippen LogP contribution in [0.5, 0.6) is 0 Å². The maximum Gasteiger partial charge on any atom is 0.159 e. The monoisotopic (exact) mass is 240 g/mol. The normalized spacial score (nSPS) is 25.6. The third-order valence-corrected chi connectivity index (χ3v) is 3.51. The lowest BCUT2D eigenvalue weighted by Crippen LogP contribution is -2.12. The molecule has 0 aliphatic heterocycles. The zero-order chi connectivity index (χ0) is 12.3. The van der Waals surface area contributed by atoms with E-state index in [4.69, 9.17) is 0 Å². The van der Waals surface area contributed by atoms with Gasteiger partial charge in [-0.1, -0.05) is 25.3 Å². The van der Waals surface area contributed by atoms with E-state index in [1.807, 2.05) is 0 Å². The minimum Gasteiger partial charge on any atom is -0.393 e. The van der Waals surface area contributed by atoms with E-state index < -0.39 is 11.6 Å². The Hall–Kier alpha value is -0.960. The molecule has 2 rings (SSSR count). The largest absolute Gasteiger partial charge is 0.393 e. The highest BCUT2D eigenvalue weighted by Gasteiger charge is 2.19. The lowest BCUT2D eigenvalue weighted by Gasteiger charge is -2.16. The van der Waals surface area contributed by atoms with Crippen molar-refractivity contribution in [3.8, 4) is 0 Å². The van der Waals surface area contributed by atoms with Gasteiger partial charge in [0.15, 0.2) is 11.6 Å². The third-order valence-electron chi connectivity index (χ3n) is 3.51. The fourth-order valence-electron chi connectivity index (χ4n) is 2.62. The fraction of sp³-hybridized carbons (Fsp3) is 0.571. The summed E-state index contributed by atoms with van der Waals surface area (Å²) >= 11 is 0. The molecule has 0 bridgehead atoms. The van der Waals surface area contributed by atoms with Crippen LogP contribution in [0.2, 0.25) is 0 Å². The summed E-state index contributed by atoms with van der Waals surface area (Å²) in [4.78, 5) is 0. The Kier molecular flexibility index (Phi) is 4.11. The van der Waals surface area contributed by atoms with Crippen molar-refractivity contribution in [3.63, 3.8) is 0 Å². The Morgan fingerprint density at radius 2 is 1.88 bits per heavy atom. The number of hydrogen-bond donors (Lipinski definition) is 1. The summed E-state index contributed by atoms with van der Waals surface area (Å²) in [6.07, 6.45) is 5.39. The van der Waals surface area contributed by atoms with Crippen LogP contribution in [-0.4, -0.2) is 11.2 Å². The lowest BCUT2D eigenvalue weighted by molar-refractivity contribution is 0.141. The van der Waals surface area contributed by atoms with E-state index in [2.05, 4.69) is 0 Å². The molecule has 0 spiro atoms. The molecule has 94 valence electrons. The Bertz CT molecular complexity index is 378. The number of aliphatic hydroxyl groups excluding tert-OH is 1. The van der Waals surface area contributed by atoms with E-state index in [-0.39, 0.29) is 6.10 Å². The number of aliphatic hydroxyl groups is 1. The smallest absolute Gasteiger partial charge is 0.159 e. The summed E-state index contributed by atoms with van der Waals surface area (Å²) in [6, 6.07) is 4.08. The molecule has 1 aliphatic rings. The van der Waals surface area contributed by atoms with Crippen LogP contribution in [0.25, 0.3) is 0 Å². The van der Waals surface area contributed by atoms with Crippen LogP contribution in [-0.2, 0) is 6.42 Å². The number of benzene rings is 1. The van der Waals surface area contributed by atoms with Crippen molar-refractivity contribution in [2.45, 2.75) is 44.6 Å². The lowest BCUT2D eigenvalue weighted by atomic mass is 9.92. The van der Waals surface area contributed by atoms with Crippen molar-refractivity contribution >= 4 is 0 Å². The van der Waals surface area contributed by atoms with Gasteiger partial charge in [-0.2, -0.15) is 0 Å². The van der Waals surface area contributed by atoms with Crippen molar-refractivity contribution < 1.29 is 13.9 Å². The maximum absolute atomic E-state index is 13.1. The van der Waals surface area contributed by atoms with E-state index >= 15 is 0 Å². The minimum absolute atomic E-state index is 0.229. The summed E-state index contributed by atoms with van der Waals surface area (Å²) in [5.41, 5.74) is 0.822.